The molecule has 0 bridgehead atoms. The lowest BCUT2D eigenvalue weighted by Crippen LogP contribution is -2.50. The molecule has 2 saturated heterocycles. The van der Waals surface area contributed by atoms with Crippen molar-refractivity contribution in [3.63, 3.8) is 0 Å². The maximum atomic E-state index is 12.9. The van der Waals surface area contributed by atoms with E-state index in [1.165, 1.54) is 0 Å². The van der Waals surface area contributed by atoms with Gasteiger partial charge in [0.1, 0.15) is 11.9 Å². The monoisotopic (exact) mass is 344 g/mol. The number of H-pyrrole nitrogens is 1. The van der Waals surface area contributed by atoms with E-state index in [0.717, 1.165) is 23.3 Å². The molecule has 1 aromatic carbocycles. The van der Waals surface area contributed by atoms with E-state index in [-0.39, 0.29) is 22.7 Å². The average molecular weight is 344 g/mol. The van der Waals surface area contributed by atoms with E-state index in [4.69, 9.17) is 0 Å². The largest absolute Gasteiger partial charge is 0.340 e. The maximum Gasteiger partial charge on any atom is 0.246 e. The van der Waals surface area contributed by atoms with E-state index in [0.29, 0.717) is 18.7 Å². The standard InChI is InChI=1S/C17H20N4O2S/c1-17-8-7-15(22)21(17)13(10-24-17)16(23)20(2)9-14-18-11-5-3-4-6-12(11)19-14/h3-6,13H,7-10H2,1-2H3,(H,18,19)/t13-,17-/m1/s1. The first kappa shape index (κ1) is 15.5. The normalized spacial score (nSPS) is 26.2. The molecule has 2 aliphatic rings. The molecule has 2 aliphatic heterocycles. The molecule has 1 N–H and O–H groups in total. The van der Waals surface area contributed by atoms with Gasteiger partial charge in [0.25, 0.3) is 0 Å². The first-order valence-corrected chi connectivity index (χ1v) is 9.11. The first-order valence-electron chi connectivity index (χ1n) is 8.13. The lowest BCUT2D eigenvalue weighted by atomic mass is 10.2. The lowest BCUT2D eigenvalue weighted by molar-refractivity contribution is -0.143. The van der Waals surface area contributed by atoms with Crippen LogP contribution in [0.25, 0.3) is 11.0 Å². The minimum atomic E-state index is -0.357. The number of likely N-dealkylation sites (N-methyl/N-ethyl adjacent to an activating group) is 1. The van der Waals surface area contributed by atoms with Crippen molar-refractivity contribution < 1.29 is 9.59 Å². The van der Waals surface area contributed by atoms with E-state index in [1.54, 1.807) is 28.6 Å². The van der Waals surface area contributed by atoms with Crippen LogP contribution in [0, 0.1) is 0 Å². The Morgan fingerprint density at radius 1 is 1.50 bits per heavy atom. The van der Waals surface area contributed by atoms with Gasteiger partial charge in [-0.15, -0.1) is 11.8 Å². The van der Waals surface area contributed by atoms with Crippen molar-refractivity contribution in [1.82, 2.24) is 19.8 Å². The average Bonchev–Trinajstić information content (AvgIpc) is 3.20. The number of aromatic amines is 1. The summed E-state index contributed by atoms with van der Waals surface area (Å²) in [5, 5.41) is 0. The number of nitrogens with one attached hydrogen (secondary N) is 1. The van der Waals surface area contributed by atoms with Crippen LogP contribution in [0.3, 0.4) is 0 Å². The number of rotatable bonds is 3. The zero-order valence-corrected chi connectivity index (χ0v) is 14.6. The molecule has 126 valence electrons. The van der Waals surface area contributed by atoms with Gasteiger partial charge in [0, 0.05) is 19.2 Å². The molecule has 2 aromatic rings. The molecular formula is C17H20N4O2S. The third-order valence-corrected chi connectivity index (χ3v) is 6.44. The third kappa shape index (κ3) is 2.38. The first-order chi connectivity index (χ1) is 11.5. The van der Waals surface area contributed by atoms with Gasteiger partial charge in [-0.25, -0.2) is 4.98 Å². The summed E-state index contributed by atoms with van der Waals surface area (Å²) in [6, 6.07) is 7.45. The number of carbonyl (C=O) groups excluding carboxylic acids is 2. The lowest BCUT2D eigenvalue weighted by Gasteiger charge is -2.31. The second-order valence-corrected chi connectivity index (χ2v) is 8.16. The Morgan fingerprint density at radius 3 is 3.08 bits per heavy atom. The number of amides is 2. The van der Waals surface area contributed by atoms with Crippen LogP contribution in [0.5, 0.6) is 0 Å². The van der Waals surface area contributed by atoms with Crippen LogP contribution in [0.15, 0.2) is 24.3 Å². The summed E-state index contributed by atoms with van der Waals surface area (Å²) < 4.78 is 0. The van der Waals surface area contributed by atoms with E-state index in [2.05, 4.69) is 16.9 Å². The Hall–Kier alpha value is -2.02. The Balaban J connectivity index is 1.51. The van der Waals surface area contributed by atoms with E-state index >= 15 is 0 Å². The molecule has 0 radical (unpaired) electrons. The Kier molecular flexibility index (Phi) is 3.56. The van der Waals surface area contributed by atoms with Crippen LogP contribution < -0.4 is 0 Å². The van der Waals surface area contributed by atoms with Crippen LogP contribution in [-0.4, -0.2) is 55.3 Å². The van der Waals surface area contributed by atoms with Gasteiger partial charge in [0.2, 0.25) is 11.8 Å². The van der Waals surface area contributed by atoms with Gasteiger partial charge < -0.3 is 14.8 Å². The van der Waals surface area contributed by atoms with Crippen molar-refractivity contribution in [2.75, 3.05) is 12.8 Å². The fourth-order valence-corrected chi connectivity index (χ4v) is 5.06. The highest BCUT2D eigenvalue weighted by Gasteiger charge is 2.53. The van der Waals surface area contributed by atoms with Crippen LogP contribution in [-0.2, 0) is 16.1 Å². The van der Waals surface area contributed by atoms with Gasteiger partial charge in [-0.3, -0.25) is 9.59 Å². The number of hydrogen-bond donors (Lipinski definition) is 1. The summed E-state index contributed by atoms with van der Waals surface area (Å²) in [6.07, 6.45) is 1.37. The van der Waals surface area contributed by atoms with Crippen LogP contribution >= 0.6 is 11.8 Å². The van der Waals surface area contributed by atoms with Gasteiger partial charge >= 0.3 is 0 Å². The Labute approximate surface area is 144 Å². The van der Waals surface area contributed by atoms with Crippen molar-refractivity contribution in [2.45, 2.75) is 37.2 Å². The van der Waals surface area contributed by atoms with Crippen molar-refractivity contribution in [3.8, 4) is 0 Å². The summed E-state index contributed by atoms with van der Waals surface area (Å²) in [7, 11) is 1.77. The van der Waals surface area contributed by atoms with Crippen LogP contribution in [0.1, 0.15) is 25.6 Å². The van der Waals surface area contributed by atoms with Crippen molar-refractivity contribution in [2.24, 2.45) is 0 Å². The summed E-state index contributed by atoms with van der Waals surface area (Å²) in [6.45, 7) is 2.47. The third-order valence-electron chi connectivity index (χ3n) is 4.93. The molecule has 2 amide bonds. The fraction of sp³-hybridized carbons (Fsp3) is 0.471. The number of aromatic nitrogens is 2. The van der Waals surface area contributed by atoms with E-state index in [9.17, 15) is 9.59 Å². The Bertz CT molecular complexity index is 787. The molecule has 1 aromatic heterocycles. The highest BCUT2D eigenvalue weighted by molar-refractivity contribution is 8.01. The number of thioether (sulfide) groups is 1. The molecule has 0 unspecified atom stereocenters. The highest BCUT2D eigenvalue weighted by atomic mass is 32.2. The fourth-order valence-electron chi connectivity index (χ4n) is 3.64. The molecule has 0 saturated carbocycles. The second-order valence-electron chi connectivity index (χ2n) is 6.66. The second kappa shape index (κ2) is 5.51. The van der Waals surface area contributed by atoms with Crippen LogP contribution in [0.2, 0.25) is 0 Å². The summed E-state index contributed by atoms with van der Waals surface area (Å²) in [5.74, 6) is 1.51. The predicted molar refractivity (Wildman–Crippen MR) is 93.3 cm³/mol. The smallest absolute Gasteiger partial charge is 0.246 e. The summed E-state index contributed by atoms with van der Waals surface area (Å²) in [5.41, 5.74) is 1.86. The number of imidazole rings is 1. The molecule has 0 spiro atoms. The number of carbonyl (C=O) groups is 2. The number of para-hydroxylation sites is 2. The van der Waals surface area contributed by atoms with Gasteiger partial charge in [-0.2, -0.15) is 0 Å². The van der Waals surface area contributed by atoms with Crippen molar-refractivity contribution in [1.29, 1.82) is 0 Å². The van der Waals surface area contributed by atoms with Crippen molar-refractivity contribution in [3.05, 3.63) is 30.1 Å². The van der Waals surface area contributed by atoms with E-state index < -0.39 is 0 Å². The number of nitrogens with zero attached hydrogens (tertiary/aromatic N) is 3. The maximum absolute atomic E-state index is 12.9. The van der Waals surface area contributed by atoms with Gasteiger partial charge in [0.05, 0.1) is 22.4 Å². The molecule has 2 atom stereocenters. The highest BCUT2D eigenvalue weighted by Crippen LogP contribution is 2.47. The quantitative estimate of drug-likeness (QED) is 0.924. The molecule has 7 heteroatoms. The number of fused-ring (bicyclic) bond motifs is 2. The minimum Gasteiger partial charge on any atom is -0.340 e. The van der Waals surface area contributed by atoms with Crippen molar-refractivity contribution >= 4 is 34.6 Å². The number of hydrogen-bond acceptors (Lipinski definition) is 4. The predicted octanol–water partition coefficient (Wildman–Crippen LogP) is 1.98. The molecule has 4 rings (SSSR count). The molecule has 3 heterocycles. The molecule has 24 heavy (non-hydrogen) atoms. The molecule has 6 nitrogen and oxygen atoms in total. The summed E-state index contributed by atoms with van der Waals surface area (Å²) >= 11 is 1.72. The van der Waals surface area contributed by atoms with Gasteiger partial charge in [0.15, 0.2) is 0 Å². The molecule has 0 aliphatic carbocycles. The SMILES string of the molecule is CN(Cc1nc2ccccc2[nH]1)C(=O)[C@H]1CS[C@]2(C)CCC(=O)N12. The number of benzene rings is 1. The molecule has 2 fully saturated rings. The van der Waals surface area contributed by atoms with E-state index in [1.807, 2.05) is 24.3 Å². The van der Waals surface area contributed by atoms with Crippen LogP contribution in [0.4, 0.5) is 0 Å². The Morgan fingerprint density at radius 2 is 2.29 bits per heavy atom. The topological polar surface area (TPSA) is 69.3 Å². The summed E-state index contributed by atoms with van der Waals surface area (Å²) in [4.78, 5) is 36.1. The van der Waals surface area contributed by atoms with Gasteiger partial charge in [-0.1, -0.05) is 12.1 Å². The molecular weight excluding hydrogens is 324 g/mol. The zero-order chi connectivity index (χ0) is 16.9. The minimum absolute atomic E-state index is 0.0121. The van der Waals surface area contributed by atoms with Gasteiger partial charge in [-0.05, 0) is 25.5 Å². The zero-order valence-electron chi connectivity index (χ0n) is 13.8.